The third-order valence-corrected chi connectivity index (χ3v) is 4.88. The van der Waals surface area contributed by atoms with Crippen LogP contribution in [0.15, 0.2) is 56.8 Å². The summed E-state index contributed by atoms with van der Waals surface area (Å²) in [5, 5.41) is 2.93. The Labute approximate surface area is 136 Å². The van der Waals surface area contributed by atoms with E-state index >= 15 is 0 Å². The van der Waals surface area contributed by atoms with E-state index in [0.29, 0.717) is 4.47 Å². The van der Waals surface area contributed by atoms with Crippen molar-refractivity contribution in [1.29, 1.82) is 0 Å². The van der Waals surface area contributed by atoms with Crippen LogP contribution in [0.4, 0.5) is 4.39 Å². The van der Waals surface area contributed by atoms with Gasteiger partial charge in [0.25, 0.3) is 0 Å². The Bertz CT molecular complexity index is 753. The van der Waals surface area contributed by atoms with Crippen molar-refractivity contribution in [2.24, 2.45) is 0 Å². The highest BCUT2D eigenvalue weighted by Crippen LogP contribution is 2.33. The molecule has 0 aliphatic carbocycles. The fourth-order valence-corrected chi connectivity index (χ4v) is 3.46. The smallest absolute Gasteiger partial charge is 0.124 e. The summed E-state index contributed by atoms with van der Waals surface area (Å²) in [5.74, 6) is -0.260. The Balaban J connectivity index is 1.99. The van der Waals surface area contributed by atoms with Gasteiger partial charge in [-0.05, 0) is 46.3 Å². The fourth-order valence-electron chi connectivity index (χ4n) is 1.82. The summed E-state index contributed by atoms with van der Waals surface area (Å²) in [4.78, 5) is 4.62. The molecule has 2 aromatic carbocycles. The molecule has 0 fully saturated rings. The van der Waals surface area contributed by atoms with Gasteiger partial charge in [0, 0.05) is 25.5 Å². The molecule has 0 N–H and O–H groups in total. The van der Waals surface area contributed by atoms with Crippen LogP contribution in [0.2, 0.25) is 0 Å². The van der Waals surface area contributed by atoms with E-state index in [1.54, 1.807) is 17.4 Å². The van der Waals surface area contributed by atoms with E-state index in [-0.39, 0.29) is 5.82 Å². The highest BCUT2D eigenvalue weighted by Gasteiger charge is 2.10. The van der Waals surface area contributed by atoms with Gasteiger partial charge in [0.1, 0.15) is 10.8 Å². The predicted octanol–water partition coefficient (Wildman–Crippen LogP) is 6.14. The standard InChI is InChI=1S/C15H8Br2FNS/c16-10-3-1-9(2-4-10)15-19-14(8-20-15)12-6-5-11(18)7-13(12)17/h1-8H. The number of aromatic nitrogens is 1. The van der Waals surface area contributed by atoms with Gasteiger partial charge in [0.2, 0.25) is 0 Å². The molecule has 1 nitrogen and oxygen atoms in total. The molecule has 0 saturated heterocycles. The van der Waals surface area contributed by atoms with Crippen molar-refractivity contribution in [2.45, 2.75) is 0 Å². The topological polar surface area (TPSA) is 12.9 Å². The maximum Gasteiger partial charge on any atom is 0.124 e. The van der Waals surface area contributed by atoms with Crippen molar-refractivity contribution in [3.05, 3.63) is 62.6 Å². The van der Waals surface area contributed by atoms with Crippen LogP contribution in [0.25, 0.3) is 21.8 Å². The molecule has 1 heterocycles. The van der Waals surface area contributed by atoms with Gasteiger partial charge in [-0.15, -0.1) is 11.3 Å². The van der Waals surface area contributed by atoms with Gasteiger partial charge in [-0.2, -0.15) is 0 Å². The van der Waals surface area contributed by atoms with E-state index < -0.39 is 0 Å². The van der Waals surface area contributed by atoms with Crippen molar-refractivity contribution >= 4 is 43.2 Å². The van der Waals surface area contributed by atoms with Gasteiger partial charge in [-0.25, -0.2) is 9.37 Å². The fraction of sp³-hybridized carbons (Fsp3) is 0. The molecule has 0 saturated carbocycles. The third kappa shape index (κ3) is 2.85. The number of halogens is 3. The SMILES string of the molecule is Fc1ccc(-c2csc(-c3ccc(Br)cc3)n2)c(Br)c1. The number of hydrogen-bond acceptors (Lipinski definition) is 2. The first-order valence-electron chi connectivity index (χ1n) is 5.80. The molecular formula is C15H8Br2FNS. The minimum Gasteiger partial charge on any atom is -0.236 e. The minimum absolute atomic E-state index is 0.260. The normalized spacial score (nSPS) is 10.8. The van der Waals surface area contributed by atoms with Gasteiger partial charge in [-0.3, -0.25) is 0 Å². The van der Waals surface area contributed by atoms with E-state index in [1.807, 2.05) is 29.6 Å². The van der Waals surface area contributed by atoms with Crippen molar-refractivity contribution < 1.29 is 4.39 Å². The molecule has 3 rings (SSSR count). The Hall–Kier alpha value is -1.04. The molecule has 0 radical (unpaired) electrons. The van der Waals surface area contributed by atoms with Gasteiger partial charge in [-0.1, -0.05) is 28.1 Å². The molecule has 0 aliphatic rings. The van der Waals surface area contributed by atoms with E-state index in [2.05, 4.69) is 36.8 Å². The minimum atomic E-state index is -0.260. The average Bonchev–Trinajstić information content (AvgIpc) is 2.89. The highest BCUT2D eigenvalue weighted by atomic mass is 79.9. The zero-order valence-corrected chi connectivity index (χ0v) is 14.1. The number of nitrogens with zero attached hydrogens (tertiary/aromatic N) is 1. The van der Waals surface area contributed by atoms with Crippen LogP contribution in [0.3, 0.4) is 0 Å². The van der Waals surface area contributed by atoms with E-state index in [1.165, 1.54) is 12.1 Å². The summed E-state index contributed by atoms with van der Waals surface area (Å²) in [6, 6.07) is 12.7. The summed E-state index contributed by atoms with van der Waals surface area (Å²) in [6.07, 6.45) is 0. The first kappa shape index (κ1) is 13.9. The van der Waals surface area contributed by atoms with E-state index in [4.69, 9.17) is 0 Å². The molecule has 1 aromatic heterocycles. The first-order chi connectivity index (χ1) is 9.63. The predicted molar refractivity (Wildman–Crippen MR) is 88.3 cm³/mol. The monoisotopic (exact) mass is 411 g/mol. The molecule has 0 atom stereocenters. The van der Waals surface area contributed by atoms with Crippen molar-refractivity contribution in [2.75, 3.05) is 0 Å². The molecule has 0 unspecified atom stereocenters. The molecule has 100 valence electrons. The summed E-state index contributed by atoms with van der Waals surface area (Å²) in [5.41, 5.74) is 2.81. The van der Waals surface area contributed by atoms with Gasteiger partial charge in [0.15, 0.2) is 0 Å². The van der Waals surface area contributed by atoms with Crippen LogP contribution in [-0.4, -0.2) is 4.98 Å². The summed E-state index contributed by atoms with van der Waals surface area (Å²) in [6.45, 7) is 0. The van der Waals surface area contributed by atoms with Crippen LogP contribution in [0.1, 0.15) is 0 Å². The molecule has 0 aliphatic heterocycles. The molecule has 3 aromatic rings. The van der Waals surface area contributed by atoms with Crippen LogP contribution < -0.4 is 0 Å². The average molecular weight is 413 g/mol. The molecule has 0 amide bonds. The maximum atomic E-state index is 13.1. The van der Waals surface area contributed by atoms with Gasteiger partial charge < -0.3 is 0 Å². The summed E-state index contributed by atoms with van der Waals surface area (Å²) >= 11 is 8.37. The Morgan fingerprint density at radius 3 is 2.45 bits per heavy atom. The molecule has 20 heavy (non-hydrogen) atoms. The number of hydrogen-bond donors (Lipinski definition) is 0. The van der Waals surface area contributed by atoms with Crippen LogP contribution in [-0.2, 0) is 0 Å². The largest absolute Gasteiger partial charge is 0.236 e. The van der Waals surface area contributed by atoms with Crippen molar-refractivity contribution in [1.82, 2.24) is 4.98 Å². The number of benzene rings is 2. The van der Waals surface area contributed by atoms with E-state index in [0.717, 1.165) is 26.3 Å². The molecular weight excluding hydrogens is 405 g/mol. The third-order valence-electron chi connectivity index (χ3n) is 2.80. The Kier molecular flexibility index (Phi) is 4.01. The first-order valence-corrected chi connectivity index (χ1v) is 8.27. The van der Waals surface area contributed by atoms with Crippen LogP contribution >= 0.6 is 43.2 Å². The van der Waals surface area contributed by atoms with Crippen LogP contribution in [0, 0.1) is 5.82 Å². The Morgan fingerprint density at radius 1 is 1.00 bits per heavy atom. The second kappa shape index (κ2) is 5.76. The van der Waals surface area contributed by atoms with Crippen molar-refractivity contribution in [3.63, 3.8) is 0 Å². The summed E-state index contributed by atoms with van der Waals surface area (Å²) < 4.78 is 14.9. The van der Waals surface area contributed by atoms with E-state index in [9.17, 15) is 4.39 Å². The molecule has 5 heteroatoms. The lowest BCUT2D eigenvalue weighted by Gasteiger charge is -2.01. The summed E-state index contributed by atoms with van der Waals surface area (Å²) in [7, 11) is 0. The lowest BCUT2D eigenvalue weighted by atomic mass is 10.2. The lowest BCUT2D eigenvalue weighted by Crippen LogP contribution is -1.83. The second-order valence-corrected chi connectivity index (χ2v) is 6.80. The zero-order valence-electron chi connectivity index (χ0n) is 10.1. The van der Waals surface area contributed by atoms with Gasteiger partial charge >= 0.3 is 0 Å². The number of thiazole rings is 1. The quantitative estimate of drug-likeness (QED) is 0.492. The second-order valence-electron chi connectivity index (χ2n) is 4.17. The van der Waals surface area contributed by atoms with Gasteiger partial charge in [0.05, 0.1) is 5.69 Å². The van der Waals surface area contributed by atoms with Crippen molar-refractivity contribution in [3.8, 4) is 21.8 Å². The zero-order chi connectivity index (χ0) is 14.1. The number of rotatable bonds is 2. The highest BCUT2D eigenvalue weighted by molar-refractivity contribution is 9.10. The lowest BCUT2D eigenvalue weighted by molar-refractivity contribution is 0.627. The Morgan fingerprint density at radius 2 is 1.75 bits per heavy atom. The molecule has 0 spiro atoms. The van der Waals surface area contributed by atoms with Crippen LogP contribution in [0.5, 0.6) is 0 Å². The molecule has 0 bridgehead atoms. The maximum absolute atomic E-state index is 13.1.